The highest BCUT2D eigenvalue weighted by Crippen LogP contribution is 2.29. The molecule has 0 radical (unpaired) electrons. The van der Waals surface area contributed by atoms with Crippen molar-refractivity contribution in [3.63, 3.8) is 0 Å². The van der Waals surface area contributed by atoms with Gasteiger partial charge in [-0.2, -0.15) is 4.98 Å². The van der Waals surface area contributed by atoms with E-state index in [1.807, 2.05) is 6.07 Å². The summed E-state index contributed by atoms with van der Waals surface area (Å²) in [4.78, 5) is 6.93. The van der Waals surface area contributed by atoms with Crippen molar-refractivity contribution in [3.8, 4) is 0 Å². The molecule has 0 amide bonds. The number of piperazine rings is 1. The van der Waals surface area contributed by atoms with E-state index in [2.05, 4.69) is 58.5 Å². The van der Waals surface area contributed by atoms with Crippen molar-refractivity contribution in [2.24, 2.45) is 0 Å². The number of aromatic amines is 1. The average molecular weight is 271 g/mol. The van der Waals surface area contributed by atoms with Crippen LogP contribution in [0.4, 0.5) is 5.95 Å². The summed E-state index contributed by atoms with van der Waals surface area (Å²) in [7, 11) is 0. The minimum atomic E-state index is -0.166. The molecule has 0 bridgehead atoms. The van der Waals surface area contributed by atoms with Crippen LogP contribution >= 0.6 is 0 Å². The van der Waals surface area contributed by atoms with Gasteiger partial charge in [0.1, 0.15) is 5.82 Å². The molecule has 2 aromatic rings. The predicted octanol–water partition coefficient (Wildman–Crippen LogP) is 1.54. The minimum absolute atomic E-state index is 0.166. The lowest BCUT2D eigenvalue weighted by atomic mass is 9.84. The number of aromatic nitrogens is 3. The third-order valence-electron chi connectivity index (χ3n) is 3.96. The van der Waals surface area contributed by atoms with E-state index >= 15 is 0 Å². The van der Waals surface area contributed by atoms with Gasteiger partial charge in [0, 0.05) is 31.6 Å². The summed E-state index contributed by atoms with van der Waals surface area (Å²) in [5.41, 5.74) is 1.07. The first-order valence-corrected chi connectivity index (χ1v) is 7.12. The number of H-pyrrole nitrogens is 1. The van der Waals surface area contributed by atoms with Crippen LogP contribution in [0.15, 0.2) is 30.3 Å². The van der Waals surface area contributed by atoms with Gasteiger partial charge in [-0.25, -0.2) is 0 Å². The van der Waals surface area contributed by atoms with Gasteiger partial charge in [0.25, 0.3) is 0 Å². The van der Waals surface area contributed by atoms with Crippen molar-refractivity contribution in [2.45, 2.75) is 19.3 Å². The Morgan fingerprint density at radius 2 is 1.80 bits per heavy atom. The quantitative estimate of drug-likeness (QED) is 0.889. The maximum Gasteiger partial charge on any atom is 0.244 e. The van der Waals surface area contributed by atoms with Gasteiger partial charge in [0.05, 0.1) is 0 Å². The molecule has 0 unspecified atom stereocenters. The number of hydrogen-bond donors (Lipinski definition) is 2. The second kappa shape index (κ2) is 5.25. The predicted molar refractivity (Wildman–Crippen MR) is 80.0 cm³/mol. The summed E-state index contributed by atoms with van der Waals surface area (Å²) in [6.45, 7) is 8.25. The third kappa shape index (κ3) is 2.41. The van der Waals surface area contributed by atoms with Crippen LogP contribution in [0, 0.1) is 0 Å². The molecule has 1 fully saturated rings. The van der Waals surface area contributed by atoms with Gasteiger partial charge < -0.3 is 10.2 Å². The average Bonchev–Trinajstić information content (AvgIpc) is 3.00. The van der Waals surface area contributed by atoms with Gasteiger partial charge in [0.15, 0.2) is 0 Å². The van der Waals surface area contributed by atoms with Crippen molar-refractivity contribution in [2.75, 3.05) is 31.1 Å². The van der Waals surface area contributed by atoms with E-state index in [0.717, 1.165) is 38.0 Å². The van der Waals surface area contributed by atoms with Crippen LogP contribution in [0.5, 0.6) is 0 Å². The number of hydrogen-bond acceptors (Lipinski definition) is 4. The van der Waals surface area contributed by atoms with Gasteiger partial charge in [-0.15, -0.1) is 5.10 Å². The number of rotatable bonds is 3. The molecule has 1 aromatic carbocycles. The lowest BCUT2D eigenvalue weighted by Gasteiger charge is -2.26. The van der Waals surface area contributed by atoms with Crippen LogP contribution in [0.2, 0.25) is 0 Å². The zero-order valence-electron chi connectivity index (χ0n) is 12.1. The zero-order valence-corrected chi connectivity index (χ0v) is 12.1. The first-order chi connectivity index (χ1) is 9.68. The molecule has 0 spiro atoms. The molecule has 1 saturated heterocycles. The van der Waals surface area contributed by atoms with Crippen molar-refractivity contribution in [3.05, 3.63) is 41.7 Å². The molecule has 0 aliphatic carbocycles. The fourth-order valence-corrected chi connectivity index (χ4v) is 2.53. The van der Waals surface area contributed by atoms with Crippen LogP contribution in [0.25, 0.3) is 0 Å². The Balaban J connectivity index is 1.85. The fourth-order valence-electron chi connectivity index (χ4n) is 2.53. The van der Waals surface area contributed by atoms with Crippen LogP contribution in [-0.4, -0.2) is 41.4 Å². The molecule has 2 N–H and O–H groups in total. The second-order valence-corrected chi connectivity index (χ2v) is 5.71. The maximum absolute atomic E-state index is 4.71. The Morgan fingerprint density at radius 1 is 1.10 bits per heavy atom. The van der Waals surface area contributed by atoms with Crippen LogP contribution in [0.1, 0.15) is 25.2 Å². The van der Waals surface area contributed by atoms with E-state index in [4.69, 9.17) is 4.98 Å². The minimum Gasteiger partial charge on any atom is -0.337 e. The van der Waals surface area contributed by atoms with E-state index in [-0.39, 0.29) is 5.41 Å². The molecule has 1 aliphatic heterocycles. The van der Waals surface area contributed by atoms with E-state index < -0.39 is 0 Å². The molecular weight excluding hydrogens is 250 g/mol. The standard InChI is InChI=1S/C15H21N5/c1-15(2,12-6-4-3-5-7-12)13-17-14(19-18-13)20-10-8-16-9-11-20/h3-7,16H,8-11H2,1-2H3,(H,17,18,19). The Bertz CT molecular complexity index is 555. The summed E-state index contributed by atoms with van der Waals surface area (Å²) in [6, 6.07) is 10.4. The van der Waals surface area contributed by atoms with E-state index in [9.17, 15) is 0 Å². The first-order valence-electron chi connectivity index (χ1n) is 7.12. The molecular formula is C15H21N5. The fraction of sp³-hybridized carbons (Fsp3) is 0.467. The third-order valence-corrected chi connectivity index (χ3v) is 3.96. The summed E-state index contributed by atoms with van der Waals surface area (Å²) < 4.78 is 0. The van der Waals surface area contributed by atoms with Crippen molar-refractivity contribution < 1.29 is 0 Å². The van der Waals surface area contributed by atoms with Crippen molar-refractivity contribution >= 4 is 5.95 Å². The van der Waals surface area contributed by atoms with Gasteiger partial charge >= 0.3 is 0 Å². The number of nitrogens with zero attached hydrogens (tertiary/aromatic N) is 3. The van der Waals surface area contributed by atoms with Crippen molar-refractivity contribution in [1.29, 1.82) is 0 Å². The highest BCUT2D eigenvalue weighted by atomic mass is 15.4. The highest BCUT2D eigenvalue weighted by Gasteiger charge is 2.28. The monoisotopic (exact) mass is 271 g/mol. The summed E-state index contributed by atoms with van der Waals surface area (Å²) in [5.74, 6) is 1.72. The summed E-state index contributed by atoms with van der Waals surface area (Å²) >= 11 is 0. The van der Waals surface area contributed by atoms with E-state index in [1.165, 1.54) is 5.56 Å². The van der Waals surface area contributed by atoms with Gasteiger partial charge in [0.2, 0.25) is 5.95 Å². The molecule has 0 atom stereocenters. The van der Waals surface area contributed by atoms with Crippen LogP contribution < -0.4 is 10.2 Å². The topological polar surface area (TPSA) is 56.8 Å². The molecule has 1 aromatic heterocycles. The first kappa shape index (κ1) is 13.1. The Hall–Kier alpha value is -1.88. The Kier molecular flexibility index (Phi) is 3.44. The van der Waals surface area contributed by atoms with E-state index in [0.29, 0.717) is 0 Å². The van der Waals surface area contributed by atoms with E-state index in [1.54, 1.807) is 0 Å². The maximum atomic E-state index is 4.71. The molecule has 5 nitrogen and oxygen atoms in total. The van der Waals surface area contributed by atoms with Crippen LogP contribution in [-0.2, 0) is 5.41 Å². The van der Waals surface area contributed by atoms with Crippen LogP contribution in [0.3, 0.4) is 0 Å². The number of nitrogens with one attached hydrogen (secondary N) is 2. The lowest BCUT2D eigenvalue weighted by molar-refractivity contribution is 0.577. The lowest BCUT2D eigenvalue weighted by Crippen LogP contribution is -2.44. The smallest absolute Gasteiger partial charge is 0.244 e. The molecule has 0 saturated carbocycles. The van der Waals surface area contributed by atoms with Gasteiger partial charge in [-0.05, 0) is 19.4 Å². The molecule has 106 valence electrons. The normalized spacial score (nSPS) is 16.4. The SMILES string of the molecule is CC(C)(c1ccccc1)c1nc(N2CCNCC2)n[nH]1. The zero-order chi connectivity index (χ0) is 14.0. The molecule has 3 rings (SSSR count). The van der Waals surface area contributed by atoms with Gasteiger partial charge in [-0.1, -0.05) is 30.3 Å². The molecule has 20 heavy (non-hydrogen) atoms. The molecule has 1 aliphatic rings. The second-order valence-electron chi connectivity index (χ2n) is 5.71. The Labute approximate surface area is 119 Å². The molecule has 5 heteroatoms. The molecule has 2 heterocycles. The number of anilines is 1. The largest absolute Gasteiger partial charge is 0.337 e. The highest BCUT2D eigenvalue weighted by molar-refractivity contribution is 5.35. The van der Waals surface area contributed by atoms with Gasteiger partial charge in [-0.3, -0.25) is 5.10 Å². The number of benzene rings is 1. The Morgan fingerprint density at radius 3 is 2.50 bits per heavy atom. The van der Waals surface area contributed by atoms with Crippen molar-refractivity contribution in [1.82, 2.24) is 20.5 Å². The summed E-state index contributed by atoms with van der Waals surface area (Å²) in [6.07, 6.45) is 0. The summed E-state index contributed by atoms with van der Waals surface area (Å²) in [5, 5.41) is 10.9.